The molecule has 0 radical (unpaired) electrons. The lowest BCUT2D eigenvalue weighted by atomic mass is 10.1. The first-order valence-corrected chi connectivity index (χ1v) is 8.22. The first-order valence-electron chi connectivity index (χ1n) is 8.22. The van der Waals surface area contributed by atoms with Crippen LogP contribution in [0.5, 0.6) is 0 Å². The summed E-state index contributed by atoms with van der Waals surface area (Å²) in [5, 5.41) is 20.7. The first kappa shape index (κ1) is 16.9. The van der Waals surface area contributed by atoms with Crippen LogP contribution in [-0.4, -0.2) is 32.3 Å². The number of aromatic nitrogens is 3. The van der Waals surface area contributed by atoms with Crippen LogP contribution in [-0.2, 0) is 13.0 Å². The lowest BCUT2D eigenvalue weighted by Gasteiger charge is -2.23. The Kier molecular flexibility index (Phi) is 4.92. The Morgan fingerprint density at radius 3 is 2.88 bits per heavy atom. The number of hydrogen-bond acceptors (Lipinski definition) is 5. The van der Waals surface area contributed by atoms with Crippen LogP contribution in [0, 0.1) is 17.0 Å². The lowest BCUT2D eigenvalue weighted by Crippen LogP contribution is -2.40. The van der Waals surface area contributed by atoms with Crippen molar-refractivity contribution >= 4 is 11.7 Å². The van der Waals surface area contributed by atoms with E-state index in [2.05, 4.69) is 20.7 Å². The number of nitrogens with one attached hydrogen (secondary N) is 2. The number of urea groups is 1. The predicted octanol–water partition coefficient (Wildman–Crippen LogP) is 1.87. The molecule has 0 saturated carbocycles. The highest BCUT2D eigenvalue weighted by Crippen LogP contribution is 2.22. The molecule has 3 rings (SSSR count). The van der Waals surface area contributed by atoms with Crippen molar-refractivity contribution < 1.29 is 9.72 Å². The maximum Gasteiger partial charge on any atom is 0.315 e. The number of fused-ring (bicyclic) bond motifs is 1. The molecule has 25 heavy (non-hydrogen) atoms. The molecule has 1 aromatic carbocycles. The number of carbonyl (C=O) groups is 1. The molecule has 9 heteroatoms. The van der Waals surface area contributed by atoms with Crippen molar-refractivity contribution in [2.75, 3.05) is 6.54 Å². The summed E-state index contributed by atoms with van der Waals surface area (Å²) in [5.41, 5.74) is 0.991. The zero-order chi connectivity index (χ0) is 17.8. The molecule has 0 saturated heterocycles. The number of nitro benzene ring substituents is 1. The summed E-state index contributed by atoms with van der Waals surface area (Å²) in [6.45, 7) is 3.12. The summed E-state index contributed by atoms with van der Waals surface area (Å²) in [4.78, 5) is 26.7. The number of rotatable bonds is 5. The molecule has 1 aliphatic heterocycles. The van der Waals surface area contributed by atoms with Gasteiger partial charge in [-0.05, 0) is 31.7 Å². The van der Waals surface area contributed by atoms with Crippen molar-refractivity contribution in [2.24, 2.45) is 0 Å². The van der Waals surface area contributed by atoms with Crippen LogP contribution in [0.25, 0.3) is 0 Å². The molecular weight excluding hydrogens is 324 g/mol. The normalized spacial score (nSPS) is 16.1. The number of nitro groups is 1. The van der Waals surface area contributed by atoms with Gasteiger partial charge in [0.25, 0.3) is 5.69 Å². The van der Waals surface area contributed by atoms with Gasteiger partial charge < -0.3 is 10.6 Å². The first-order chi connectivity index (χ1) is 12.0. The molecule has 2 aromatic rings. The van der Waals surface area contributed by atoms with Crippen molar-refractivity contribution in [1.82, 2.24) is 25.4 Å². The summed E-state index contributed by atoms with van der Waals surface area (Å²) in [6, 6.07) is 5.95. The third-order valence-electron chi connectivity index (χ3n) is 4.13. The van der Waals surface area contributed by atoms with Crippen LogP contribution in [0.2, 0.25) is 0 Å². The Balaban J connectivity index is 1.48. The van der Waals surface area contributed by atoms with Gasteiger partial charge in [-0.1, -0.05) is 12.1 Å². The topological polar surface area (TPSA) is 115 Å². The maximum atomic E-state index is 12.1. The monoisotopic (exact) mass is 344 g/mol. The molecule has 2 heterocycles. The van der Waals surface area contributed by atoms with Crippen LogP contribution in [0.4, 0.5) is 10.5 Å². The average Bonchev–Trinajstić information content (AvgIpc) is 2.97. The number of aryl methyl sites for hydroxylation is 2. The fourth-order valence-corrected chi connectivity index (χ4v) is 2.92. The Morgan fingerprint density at radius 2 is 2.16 bits per heavy atom. The van der Waals surface area contributed by atoms with E-state index in [0.29, 0.717) is 18.8 Å². The van der Waals surface area contributed by atoms with Crippen molar-refractivity contribution in [2.45, 2.75) is 38.8 Å². The third kappa shape index (κ3) is 4.11. The van der Waals surface area contributed by atoms with E-state index in [1.54, 1.807) is 12.1 Å². The number of benzene rings is 1. The van der Waals surface area contributed by atoms with Crippen molar-refractivity contribution in [3.8, 4) is 0 Å². The van der Waals surface area contributed by atoms with Gasteiger partial charge in [0.05, 0.1) is 11.0 Å². The second-order valence-electron chi connectivity index (χ2n) is 6.01. The molecule has 0 fully saturated rings. The van der Waals surface area contributed by atoms with Crippen LogP contribution in [0.15, 0.2) is 24.3 Å². The molecule has 0 aliphatic carbocycles. The van der Waals surface area contributed by atoms with Gasteiger partial charge in [-0.3, -0.25) is 10.1 Å². The van der Waals surface area contributed by atoms with Gasteiger partial charge in [-0.25, -0.2) is 14.5 Å². The standard InChI is InChI=1S/C16H20N6O3/c1-11-18-15-14(3-2-10-21(15)20-11)19-16(23)17-9-8-12-4-6-13(7-5-12)22(24)25/h4-7,14H,2-3,8-10H2,1H3,(H2,17,19,23)/t14-/m1/s1. The molecule has 9 nitrogen and oxygen atoms in total. The van der Waals surface area contributed by atoms with Crippen LogP contribution in [0.1, 0.15) is 36.1 Å². The van der Waals surface area contributed by atoms with Crippen molar-refractivity contribution in [3.63, 3.8) is 0 Å². The van der Waals surface area contributed by atoms with Gasteiger partial charge in [-0.2, -0.15) is 5.10 Å². The average molecular weight is 344 g/mol. The number of carbonyl (C=O) groups excluding carboxylic acids is 1. The molecule has 132 valence electrons. The predicted molar refractivity (Wildman–Crippen MR) is 90.1 cm³/mol. The van der Waals surface area contributed by atoms with E-state index in [9.17, 15) is 14.9 Å². The van der Waals surface area contributed by atoms with Gasteiger partial charge in [-0.15, -0.1) is 0 Å². The number of non-ortho nitro benzene ring substituents is 1. The van der Waals surface area contributed by atoms with Crippen LogP contribution < -0.4 is 10.6 Å². The van der Waals surface area contributed by atoms with Crippen molar-refractivity contribution in [3.05, 3.63) is 51.6 Å². The Morgan fingerprint density at radius 1 is 1.40 bits per heavy atom. The van der Waals surface area contributed by atoms with Crippen LogP contribution >= 0.6 is 0 Å². The number of nitrogens with zero attached hydrogens (tertiary/aromatic N) is 4. The lowest BCUT2D eigenvalue weighted by molar-refractivity contribution is -0.384. The zero-order valence-electron chi connectivity index (χ0n) is 13.9. The summed E-state index contributed by atoms with van der Waals surface area (Å²) in [6.07, 6.45) is 2.39. The minimum atomic E-state index is -0.430. The van der Waals surface area contributed by atoms with E-state index in [4.69, 9.17) is 0 Å². The van der Waals surface area contributed by atoms with E-state index >= 15 is 0 Å². The molecule has 1 aromatic heterocycles. The molecule has 2 N–H and O–H groups in total. The minimum Gasteiger partial charge on any atom is -0.338 e. The highest BCUT2D eigenvalue weighted by molar-refractivity contribution is 5.74. The van der Waals surface area contributed by atoms with E-state index in [0.717, 1.165) is 30.8 Å². The smallest absolute Gasteiger partial charge is 0.315 e. The van der Waals surface area contributed by atoms with Gasteiger partial charge in [0.2, 0.25) is 0 Å². The Labute approximate surface area is 144 Å². The van der Waals surface area contributed by atoms with E-state index < -0.39 is 4.92 Å². The Bertz CT molecular complexity index is 771. The van der Waals surface area contributed by atoms with Gasteiger partial charge in [0.15, 0.2) is 0 Å². The van der Waals surface area contributed by atoms with Crippen LogP contribution in [0.3, 0.4) is 0 Å². The van der Waals surface area contributed by atoms with Gasteiger partial charge in [0.1, 0.15) is 11.6 Å². The summed E-state index contributed by atoms with van der Waals surface area (Å²) < 4.78 is 1.85. The van der Waals surface area contributed by atoms with E-state index in [1.165, 1.54) is 12.1 Å². The maximum absolute atomic E-state index is 12.1. The Hall–Kier alpha value is -2.97. The second kappa shape index (κ2) is 7.29. The quantitative estimate of drug-likeness (QED) is 0.635. The molecule has 1 atom stereocenters. The largest absolute Gasteiger partial charge is 0.338 e. The fraction of sp³-hybridized carbons (Fsp3) is 0.438. The zero-order valence-corrected chi connectivity index (χ0v) is 13.9. The third-order valence-corrected chi connectivity index (χ3v) is 4.13. The van der Waals surface area contributed by atoms with Crippen molar-refractivity contribution in [1.29, 1.82) is 0 Å². The summed E-state index contributed by atoms with van der Waals surface area (Å²) >= 11 is 0. The van der Waals surface area contributed by atoms with E-state index in [1.807, 2.05) is 11.6 Å². The summed E-state index contributed by atoms with van der Waals surface area (Å²) in [5.74, 6) is 1.51. The molecule has 0 unspecified atom stereocenters. The van der Waals surface area contributed by atoms with E-state index in [-0.39, 0.29) is 17.8 Å². The highest BCUT2D eigenvalue weighted by Gasteiger charge is 2.24. The number of amides is 2. The van der Waals surface area contributed by atoms with Gasteiger partial charge >= 0.3 is 6.03 Å². The minimum absolute atomic E-state index is 0.0613. The second-order valence-corrected chi connectivity index (χ2v) is 6.01. The number of hydrogen-bond donors (Lipinski definition) is 2. The SMILES string of the molecule is Cc1nc2n(n1)CCC[C@H]2NC(=O)NCCc1ccc([N+](=O)[O-])cc1. The highest BCUT2D eigenvalue weighted by atomic mass is 16.6. The fourth-order valence-electron chi connectivity index (χ4n) is 2.92. The van der Waals surface area contributed by atoms with Gasteiger partial charge in [0, 0.05) is 25.2 Å². The molecule has 2 amide bonds. The molecule has 0 spiro atoms. The molecule has 1 aliphatic rings. The summed E-state index contributed by atoms with van der Waals surface area (Å²) in [7, 11) is 0. The molecular formula is C16H20N6O3. The molecule has 0 bridgehead atoms.